The summed E-state index contributed by atoms with van der Waals surface area (Å²) in [5.74, 6) is -0.529. The van der Waals surface area contributed by atoms with E-state index >= 15 is 0 Å². The molecule has 8 heteroatoms. The van der Waals surface area contributed by atoms with Crippen LogP contribution in [-0.2, 0) is 0 Å². The summed E-state index contributed by atoms with van der Waals surface area (Å²) in [5.41, 5.74) is 2.21. The number of hydrogen-bond acceptors (Lipinski definition) is 6. The first-order valence-corrected chi connectivity index (χ1v) is 24.8. The van der Waals surface area contributed by atoms with Gasteiger partial charge >= 0.3 is 0 Å². The quantitative estimate of drug-likeness (QED) is 0.0535. The van der Waals surface area contributed by atoms with Crippen molar-refractivity contribution in [2.75, 3.05) is 39.3 Å². The van der Waals surface area contributed by atoms with Gasteiger partial charge in [-0.3, -0.25) is 29.0 Å². The van der Waals surface area contributed by atoms with E-state index in [1.807, 2.05) is 24.3 Å². The van der Waals surface area contributed by atoms with E-state index < -0.39 is 0 Å². The second kappa shape index (κ2) is 30.6. The molecule has 4 amide bonds. The molecule has 0 unspecified atom stereocenters. The molecule has 60 heavy (non-hydrogen) atoms. The van der Waals surface area contributed by atoms with Crippen LogP contribution in [0.2, 0.25) is 0 Å². The van der Waals surface area contributed by atoms with E-state index in [4.69, 9.17) is 5.11 Å². The molecule has 0 aromatic heterocycles. The number of benzene rings is 2. The zero-order valence-corrected chi connectivity index (χ0v) is 37.5. The van der Waals surface area contributed by atoms with Crippen molar-refractivity contribution in [2.24, 2.45) is 0 Å². The zero-order valence-electron chi connectivity index (χ0n) is 37.5. The highest BCUT2D eigenvalue weighted by Gasteiger charge is 2.35. The van der Waals surface area contributed by atoms with Gasteiger partial charge in [0.15, 0.2) is 0 Å². The molecule has 334 valence electrons. The molecular weight excluding hydrogens is 747 g/mol. The normalized spacial score (nSPS) is 13.7. The second-order valence-corrected chi connectivity index (χ2v) is 17.8. The Morgan fingerprint density at radius 3 is 0.783 bits per heavy atom. The van der Waals surface area contributed by atoms with Crippen molar-refractivity contribution < 1.29 is 24.3 Å². The summed E-state index contributed by atoms with van der Waals surface area (Å²) >= 11 is 0. The maximum Gasteiger partial charge on any atom is 0.261 e. The molecule has 0 aliphatic carbocycles. The Labute approximate surface area is 364 Å². The fraction of sp³-hybridized carbons (Fsp3) is 0.692. The Balaban J connectivity index is 0.971. The maximum absolute atomic E-state index is 12.6. The average molecular weight is 828 g/mol. The van der Waals surface area contributed by atoms with Crippen molar-refractivity contribution in [1.82, 2.24) is 14.7 Å². The standard InChI is InChI=1S/C52H81N3O5/c56-44-34-24-18-12-6-5-9-15-21-31-41-53(39-29-19-13-7-1-3-10-16-22-32-42-54-49(57)45-35-25-26-36-46(45)50(54)58)40-30-20-14-8-2-4-11-17-23-33-43-55-51(59)47-37-27-28-38-48(47)52(55)60/h25-28,35-38,56H,1-24,29-34,39-44H2. The van der Waals surface area contributed by atoms with Gasteiger partial charge in [-0.05, 0) is 82.4 Å². The van der Waals surface area contributed by atoms with Crippen LogP contribution < -0.4 is 0 Å². The van der Waals surface area contributed by atoms with Crippen LogP contribution in [0.15, 0.2) is 48.5 Å². The Bertz CT molecular complexity index is 1360. The zero-order chi connectivity index (χ0) is 42.5. The van der Waals surface area contributed by atoms with Crippen molar-refractivity contribution in [3.8, 4) is 0 Å². The molecule has 2 aromatic rings. The number of aliphatic hydroxyl groups is 1. The summed E-state index contributed by atoms with van der Waals surface area (Å²) in [6.07, 6.45) is 37.4. The number of rotatable bonds is 38. The van der Waals surface area contributed by atoms with Crippen molar-refractivity contribution in [2.45, 2.75) is 193 Å². The highest BCUT2D eigenvalue weighted by molar-refractivity contribution is 6.22. The van der Waals surface area contributed by atoms with Crippen molar-refractivity contribution in [3.05, 3.63) is 70.8 Å². The summed E-state index contributed by atoms with van der Waals surface area (Å²) in [4.78, 5) is 55.8. The molecule has 2 aliphatic heterocycles. The number of carbonyl (C=O) groups is 4. The Hall–Kier alpha value is -3.36. The first-order valence-electron chi connectivity index (χ1n) is 24.8. The van der Waals surface area contributed by atoms with E-state index in [1.165, 1.54) is 190 Å². The van der Waals surface area contributed by atoms with Gasteiger partial charge in [-0.15, -0.1) is 0 Å². The minimum absolute atomic E-state index is 0.132. The summed E-state index contributed by atoms with van der Waals surface area (Å²) in [5, 5.41) is 8.95. The van der Waals surface area contributed by atoms with Crippen molar-refractivity contribution in [3.63, 3.8) is 0 Å². The third-order valence-electron chi connectivity index (χ3n) is 12.9. The lowest BCUT2D eigenvalue weighted by Gasteiger charge is -2.22. The number of hydrogen-bond donors (Lipinski definition) is 1. The smallest absolute Gasteiger partial charge is 0.261 e. The third kappa shape index (κ3) is 17.9. The molecular formula is C52H81N3O5. The SMILES string of the molecule is O=C1c2ccccc2C(=O)N1CCCCCCCCCCCCN(CCCCCCCCCCCCO)CCCCCCCCCCCCN1C(=O)c2ccccc2C1=O. The minimum Gasteiger partial charge on any atom is -0.396 e. The Morgan fingerprint density at radius 1 is 0.317 bits per heavy atom. The van der Waals surface area contributed by atoms with Crippen molar-refractivity contribution >= 4 is 23.6 Å². The fourth-order valence-electron chi connectivity index (χ4n) is 9.12. The van der Waals surface area contributed by atoms with Crippen LogP contribution in [-0.4, -0.2) is 82.8 Å². The monoisotopic (exact) mass is 828 g/mol. The molecule has 0 radical (unpaired) electrons. The lowest BCUT2D eigenvalue weighted by Crippen LogP contribution is -2.30. The highest BCUT2D eigenvalue weighted by Crippen LogP contribution is 2.25. The van der Waals surface area contributed by atoms with Gasteiger partial charge in [-0.2, -0.15) is 0 Å². The van der Waals surface area contributed by atoms with Crippen LogP contribution in [0.5, 0.6) is 0 Å². The average Bonchev–Trinajstić information content (AvgIpc) is 3.65. The van der Waals surface area contributed by atoms with Crippen LogP contribution >= 0.6 is 0 Å². The third-order valence-corrected chi connectivity index (χ3v) is 12.9. The van der Waals surface area contributed by atoms with Gasteiger partial charge in [-0.1, -0.05) is 178 Å². The first kappa shape index (κ1) is 49.3. The summed E-state index contributed by atoms with van der Waals surface area (Å²) in [7, 11) is 0. The first-order chi connectivity index (χ1) is 29.5. The largest absolute Gasteiger partial charge is 0.396 e. The predicted molar refractivity (Wildman–Crippen MR) is 246 cm³/mol. The predicted octanol–water partition coefficient (Wildman–Crippen LogP) is 12.6. The molecule has 2 aliphatic rings. The number of fused-ring (bicyclic) bond motifs is 2. The van der Waals surface area contributed by atoms with E-state index in [2.05, 4.69) is 4.90 Å². The highest BCUT2D eigenvalue weighted by atomic mass is 16.3. The lowest BCUT2D eigenvalue weighted by molar-refractivity contribution is 0.0636. The summed E-state index contributed by atoms with van der Waals surface area (Å²) < 4.78 is 0. The molecule has 0 saturated heterocycles. The molecule has 0 saturated carbocycles. The van der Waals surface area contributed by atoms with Gasteiger partial charge in [0, 0.05) is 19.7 Å². The van der Waals surface area contributed by atoms with Crippen LogP contribution in [0.3, 0.4) is 0 Å². The maximum atomic E-state index is 12.6. The van der Waals surface area contributed by atoms with Gasteiger partial charge in [0.2, 0.25) is 0 Å². The van der Waals surface area contributed by atoms with Crippen LogP contribution in [0.1, 0.15) is 234 Å². The number of imide groups is 2. The van der Waals surface area contributed by atoms with Gasteiger partial charge < -0.3 is 10.0 Å². The molecule has 2 heterocycles. The van der Waals surface area contributed by atoms with E-state index in [9.17, 15) is 19.2 Å². The van der Waals surface area contributed by atoms with Crippen LogP contribution in [0.4, 0.5) is 0 Å². The van der Waals surface area contributed by atoms with Gasteiger partial charge in [0.05, 0.1) is 22.3 Å². The van der Waals surface area contributed by atoms with Gasteiger partial charge in [0.25, 0.3) is 23.6 Å². The molecule has 0 atom stereocenters. The van der Waals surface area contributed by atoms with E-state index in [-0.39, 0.29) is 23.6 Å². The Kier molecular flexibility index (Phi) is 25.2. The van der Waals surface area contributed by atoms with Crippen LogP contribution in [0, 0.1) is 0 Å². The number of amides is 4. The summed E-state index contributed by atoms with van der Waals surface area (Å²) in [6, 6.07) is 14.3. The Morgan fingerprint density at radius 2 is 0.533 bits per heavy atom. The van der Waals surface area contributed by atoms with E-state index in [0.717, 1.165) is 32.1 Å². The molecule has 0 bridgehead atoms. The topological polar surface area (TPSA) is 98.2 Å². The number of unbranched alkanes of at least 4 members (excludes halogenated alkanes) is 27. The number of carbonyl (C=O) groups excluding carboxylic acids is 4. The molecule has 2 aromatic carbocycles. The van der Waals surface area contributed by atoms with Crippen molar-refractivity contribution in [1.29, 1.82) is 0 Å². The second-order valence-electron chi connectivity index (χ2n) is 17.8. The molecule has 0 spiro atoms. The van der Waals surface area contributed by atoms with Crippen LogP contribution in [0.25, 0.3) is 0 Å². The number of nitrogens with zero attached hydrogens (tertiary/aromatic N) is 3. The molecule has 1 N–H and O–H groups in total. The lowest BCUT2D eigenvalue weighted by atomic mass is 10.0. The number of aliphatic hydroxyl groups excluding tert-OH is 1. The van der Waals surface area contributed by atoms with E-state index in [1.54, 1.807) is 24.3 Å². The van der Waals surface area contributed by atoms with E-state index in [0.29, 0.717) is 42.0 Å². The molecule has 0 fully saturated rings. The summed E-state index contributed by atoms with van der Waals surface area (Å²) in [6.45, 7) is 5.14. The van der Waals surface area contributed by atoms with Gasteiger partial charge in [0.1, 0.15) is 0 Å². The van der Waals surface area contributed by atoms with Gasteiger partial charge in [-0.25, -0.2) is 0 Å². The minimum atomic E-state index is -0.132. The fourth-order valence-corrected chi connectivity index (χ4v) is 9.12. The molecule has 8 nitrogen and oxygen atoms in total. The molecule has 4 rings (SSSR count).